The Bertz CT molecular complexity index is 836. The van der Waals surface area contributed by atoms with E-state index in [9.17, 15) is 14.0 Å². The van der Waals surface area contributed by atoms with Crippen LogP contribution in [0.15, 0.2) is 42.5 Å². The van der Waals surface area contributed by atoms with Crippen LogP contribution in [0.25, 0.3) is 11.1 Å². The van der Waals surface area contributed by atoms with Gasteiger partial charge in [-0.2, -0.15) is 0 Å². The van der Waals surface area contributed by atoms with E-state index in [1.54, 1.807) is 30.3 Å². The lowest BCUT2D eigenvalue weighted by atomic mass is 10.0. The zero-order valence-corrected chi connectivity index (χ0v) is 15.4. The van der Waals surface area contributed by atoms with Crippen LogP contribution in [0.4, 0.5) is 4.39 Å². The minimum absolute atomic E-state index is 0.110. The number of benzene rings is 2. The Balaban J connectivity index is 1.67. The Morgan fingerprint density at radius 3 is 2.56 bits per heavy atom. The number of carbonyl (C=O) groups excluding carboxylic acids is 2. The summed E-state index contributed by atoms with van der Waals surface area (Å²) in [6.45, 7) is 4.88. The van der Waals surface area contributed by atoms with Crippen molar-refractivity contribution in [2.24, 2.45) is 5.73 Å². The highest BCUT2D eigenvalue weighted by Gasteiger charge is 2.23. The highest BCUT2D eigenvalue weighted by atomic mass is 19.1. The van der Waals surface area contributed by atoms with E-state index in [0.717, 1.165) is 25.1 Å². The molecule has 1 atom stereocenters. The molecule has 0 radical (unpaired) electrons. The maximum absolute atomic E-state index is 13.6. The number of nitrogens with zero attached hydrogens (tertiary/aromatic N) is 1. The first-order valence-corrected chi connectivity index (χ1v) is 9.21. The molecule has 1 heterocycles. The molecule has 142 valence electrons. The molecule has 2 aromatic carbocycles. The fourth-order valence-electron chi connectivity index (χ4n) is 3.56. The second-order valence-electron chi connectivity index (χ2n) is 6.77. The fraction of sp³-hybridized carbons (Fsp3) is 0.333. The third-order valence-corrected chi connectivity index (χ3v) is 5.12. The monoisotopic (exact) mass is 369 g/mol. The average Bonchev–Trinajstić information content (AvgIpc) is 3.14. The summed E-state index contributed by atoms with van der Waals surface area (Å²) in [7, 11) is 0. The maximum Gasteiger partial charge on any atom is 0.251 e. The molecule has 27 heavy (non-hydrogen) atoms. The largest absolute Gasteiger partial charge is 0.366 e. The van der Waals surface area contributed by atoms with Crippen LogP contribution in [0.2, 0.25) is 0 Å². The Kier molecular flexibility index (Phi) is 5.86. The van der Waals surface area contributed by atoms with Crippen LogP contribution in [-0.4, -0.2) is 42.4 Å². The zero-order chi connectivity index (χ0) is 19.4. The lowest BCUT2D eigenvalue weighted by Crippen LogP contribution is -2.40. The first-order valence-electron chi connectivity index (χ1n) is 9.21. The highest BCUT2D eigenvalue weighted by Crippen LogP contribution is 2.23. The Hall–Kier alpha value is -2.73. The van der Waals surface area contributed by atoms with E-state index >= 15 is 0 Å². The number of carbonyl (C=O) groups is 2. The van der Waals surface area contributed by atoms with Crippen LogP contribution < -0.4 is 11.1 Å². The number of primary amides is 1. The van der Waals surface area contributed by atoms with Crippen molar-refractivity contribution in [2.45, 2.75) is 25.8 Å². The Morgan fingerprint density at radius 1 is 1.19 bits per heavy atom. The van der Waals surface area contributed by atoms with E-state index < -0.39 is 11.7 Å². The highest BCUT2D eigenvalue weighted by molar-refractivity contribution is 5.95. The van der Waals surface area contributed by atoms with E-state index in [-0.39, 0.29) is 11.5 Å². The van der Waals surface area contributed by atoms with Gasteiger partial charge in [0.1, 0.15) is 5.82 Å². The number of halogens is 1. The van der Waals surface area contributed by atoms with Crippen molar-refractivity contribution in [3.05, 3.63) is 59.4 Å². The molecule has 3 N–H and O–H groups in total. The molecule has 1 aliphatic rings. The van der Waals surface area contributed by atoms with Crippen molar-refractivity contribution in [1.29, 1.82) is 0 Å². The van der Waals surface area contributed by atoms with Crippen molar-refractivity contribution in [1.82, 2.24) is 10.2 Å². The number of rotatable bonds is 6. The Morgan fingerprint density at radius 2 is 1.89 bits per heavy atom. The molecule has 0 spiro atoms. The molecule has 3 rings (SSSR count). The molecule has 0 aliphatic carbocycles. The van der Waals surface area contributed by atoms with Gasteiger partial charge in [0.25, 0.3) is 11.8 Å². The molecule has 2 amide bonds. The summed E-state index contributed by atoms with van der Waals surface area (Å²) >= 11 is 0. The van der Waals surface area contributed by atoms with Crippen LogP contribution in [0.3, 0.4) is 0 Å². The van der Waals surface area contributed by atoms with Crippen molar-refractivity contribution < 1.29 is 14.0 Å². The average molecular weight is 369 g/mol. The summed E-state index contributed by atoms with van der Waals surface area (Å²) in [5.74, 6) is -1.56. The van der Waals surface area contributed by atoms with Crippen LogP contribution in [0.5, 0.6) is 0 Å². The predicted octanol–water partition coefficient (Wildman–Crippen LogP) is 2.81. The molecule has 2 aromatic rings. The van der Waals surface area contributed by atoms with Crippen LogP contribution >= 0.6 is 0 Å². The van der Waals surface area contributed by atoms with E-state index in [2.05, 4.69) is 17.1 Å². The first kappa shape index (κ1) is 19.0. The SMILES string of the molecule is CCN1CCCC1CNC(=O)c1ccc(-c2ccc(F)c(C(N)=O)c2)cc1. The van der Waals surface area contributed by atoms with Crippen molar-refractivity contribution in [2.75, 3.05) is 19.6 Å². The van der Waals surface area contributed by atoms with E-state index in [1.807, 2.05) is 0 Å². The summed E-state index contributed by atoms with van der Waals surface area (Å²) in [6, 6.07) is 11.6. The van der Waals surface area contributed by atoms with Gasteiger partial charge in [-0.3, -0.25) is 14.5 Å². The van der Waals surface area contributed by atoms with Gasteiger partial charge in [-0.05, 0) is 61.3 Å². The third kappa shape index (κ3) is 4.34. The predicted molar refractivity (Wildman–Crippen MR) is 103 cm³/mol. The van der Waals surface area contributed by atoms with E-state index in [4.69, 9.17) is 5.73 Å². The molecule has 1 fully saturated rings. The van der Waals surface area contributed by atoms with E-state index in [0.29, 0.717) is 23.7 Å². The summed E-state index contributed by atoms with van der Waals surface area (Å²) in [5, 5.41) is 3.00. The third-order valence-electron chi connectivity index (χ3n) is 5.12. The molecule has 0 aromatic heterocycles. The standard InChI is InChI=1S/C21H24FN3O2/c1-2-25-11-3-4-17(25)13-24-21(27)15-7-5-14(6-8-15)16-9-10-19(22)18(12-16)20(23)26/h5-10,12,17H,2-4,11,13H2,1H3,(H2,23,26)(H,24,27). The van der Waals surface area contributed by atoms with Gasteiger partial charge >= 0.3 is 0 Å². The van der Waals surface area contributed by atoms with Crippen molar-refractivity contribution in [3.63, 3.8) is 0 Å². The summed E-state index contributed by atoms with van der Waals surface area (Å²) < 4.78 is 13.6. The summed E-state index contributed by atoms with van der Waals surface area (Å²) in [5.41, 5.74) is 7.06. The quantitative estimate of drug-likeness (QED) is 0.822. The number of hydrogen-bond acceptors (Lipinski definition) is 3. The van der Waals surface area contributed by atoms with Crippen LogP contribution in [0, 0.1) is 5.82 Å². The minimum atomic E-state index is -0.807. The topological polar surface area (TPSA) is 75.4 Å². The molecular formula is C21H24FN3O2. The number of amides is 2. The number of hydrogen-bond donors (Lipinski definition) is 2. The molecule has 1 unspecified atom stereocenters. The van der Waals surface area contributed by atoms with Gasteiger partial charge < -0.3 is 11.1 Å². The number of nitrogens with two attached hydrogens (primary N) is 1. The van der Waals surface area contributed by atoms with Gasteiger partial charge in [0.15, 0.2) is 0 Å². The Labute approximate surface area is 158 Å². The molecular weight excluding hydrogens is 345 g/mol. The molecule has 1 saturated heterocycles. The molecule has 5 nitrogen and oxygen atoms in total. The lowest BCUT2D eigenvalue weighted by Gasteiger charge is -2.22. The van der Waals surface area contributed by atoms with Crippen LogP contribution in [0.1, 0.15) is 40.5 Å². The molecule has 0 bridgehead atoms. The van der Waals surface area contributed by atoms with Crippen molar-refractivity contribution >= 4 is 11.8 Å². The molecule has 6 heteroatoms. The lowest BCUT2D eigenvalue weighted by molar-refractivity contribution is 0.0940. The van der Waals surface area contributed by atoms with Gasteiger partial charge in [0, 0.05) is 18.2 Å². The van der Waals surface area contributed by atoms with Gasteiger partial charge in [0.2, 0.25) is 0 Å². The van der Waals surface area contributed by atoms with Crippen LogP contribution in [-0.2, 0) is 0 Å². The minimum Gasteiger partial charge on any atom is -0.366 e. The number of nitrogens with one attached hydrogen (secondary N) is 1. The number of likely N-dealkylation sites (tertiary alicyclic amines) is 1. The van der Waals surface area contributed by atoms with Gasteiger partial charge in [0.05, 0.1) is 5.56 Å². The fourth-order valence-corrected chi connectivity index (χ4v) is 3.56. The van der Waals surface area contributed by atoms with E-state index in [1.165, 1.54) is 18.6 Å². The summed E-state index contributed by atoms with van der Waals surface area (Å²) in [4.78, 5) is 26.1. The smallest absolute Gasteiger partial charge is 0.251 e. The second kappa shape index (κ2) is 8.31. The number of likely N-dealkylation sites (N-methyl/N-ethyl adjacent to an activating group) is 1. The molecule has 1 aliphatic heterocycles. The van der Waals surface area contributed by atoms with Gasteiger partial charge in [-0.25, -0.2) is 4.39 Å². The first-order chi connectivity index (χ1) is 13.0. The van der Waals surface area contributed by atoms with Gasteiger partial charge in [-0.15, -0.1) is 0 Å². The zero-order valence-electron chi connectivity index (χ0n) is 15.4. The molecule has 0 saturated carbocycles. The maximum atomic E-state index is 13.6. The van der Waals surface area contributed by atoms with Gasteiger partial charge in [-0.1, -0.05) is 25.1 Å². The second-order valence-corrected chi connectivity index (χ2v) is 6.77. The normalized spacial score (nSPS) is 17.0. The summed E-state index contributed by atoms with van der Waals surface area (Å²) in [6.07, 6.45) is 2.29. The van der Waals surface area contributed by atoms with Crippen molar-refractivity contribution in [3.8, 4) is 11.1 Å².